The molecule has 12 aromatic rings. The van der Waals surface area contributed by atoms with E-state index < -0.39 is 5.41 Å². The highest BCUT2D eigenvalue weighted by Gasteiger charge is 2.47. The maximum atomic E-state index is 6.93. The predicted octanol–water partition coefficient (Wildman–Crippen LogP) is 19.9. The summed E-state index contributed by atoms with van der Waals surface area (Å²) in [7, 11) is 0. The first-order valence-corrected chi connectivity index (χ1v) is 25.5. The fourth-order valence-electron chi connectivity index (χ4n) is 11.8. The van der Waals surface area contributed by atoms with Crippen molar-refractivity contribution in [3.63, 3.8) is 0 Å². The summed E-state index contributed by atoms with van der Waals surface area (Å²) in [6.07, 6.45) is 8.51. The van der Waals surface area contributed by atoms with Crippen LogP contribution < -0.4 is 4.90 Å². The fourth-order valence-corrected chi connectivity index (χ4v) is 11.8. The maximum Gasteiger partial charge on any atom is 0.143 e. The molecular formula is C72H51NO. The van der Waals surface area contributed by atoms with Gasteiger partial charge in [-0.25, -0.2) is 0 Å². The van der Waals surface area contributed by atoms with Crippen molar-refractivity contribution in [2.24, 2.45) is 0 Å². The number of rotatable bonds is 11. The van der Waals surface area contributed by atoms with Gasteiger partial charge in [-0.05, 0) is 145 Å². The van der Waals surface area contributed by atoms with E-state index in [-0.39, 0.29) is 0 Å². The molecule has 0 fully saturated rings. The van der Waals surface area contributed by atoms with Crippen molar-refractivity contribution < 1.29 is 4.42 Å². The van der Waals surface area contributed by atoms with Crippen LogP contribution >= 0.6 is 0 Å². The lowest BCUT2D eigenvalue weighted by Gasteiger charge is -2.35. The number of hydrogen-bond donors (Lipinski definition) is 0. The molecule has 0 N–H and O–H groups in total. The van der Waals surface area contributed by atoms with Crippen molar-refractivity contribution in [2.75, 3.05) is 4.90 Å². The zero-order valence-corrected chi connectivity index (χ0v) is 41.1. The van der Waals surface area contributed by atoms with Crippen LogP contribution in [0.3, 0.4) is 0 Å². The number of furan rings is 1. The van der Waals surface area contributed by atoms with E-state index in [4.69, 9.17) is 4.42 Å². The Kier molecular flexibility index (Phi) is 11.2. The Bertz CT molecular complexity index is 4140. The molecule has 74 heavy (non-hydrogen) atoms. The largest absolute Gasteiger partial charge is 0.455 e. The van der Waals surface area contributed by atoms with Crippen LogP contribution in [0.5, 0.6) is 0 Å². The molecule has 1 unspecified atom stereocenters. The fraction of sp³-hybridized carbons (Fsp3) is 0.0278. The van der Waals surface area contributed by atoms with Gasteiger partial charge in [-0.15, -0.1) is 0 Å². The molecule has 11 aromatic carbocycles. The van der Waals surface area contributed by atoms with Crippen LogP contribution in [0.15, 0.2) is 296 Å². The monoisotopic (exact) mass is 945 g/mol. The SMILES string of the molecule is C=C/C=C(\C=C/C)C1(c2ccccc2)c2ccccc2-c2ccc(N(c3ccc(-c4ccccc4)cc3)c3cccc(-c4cccc5oc6c7ccccc7c(-c7cccc(-c8ccccc8)c7)cc6c45)c3)cc21. The summed E-state index contributed by atoms with van der Waals surface area (Å²) in [5.74, 6) is 0. The summed E-state index contributed by atoms with van der Waals surface area (Å²) >= 11 is 0. The first kappa shape index (κ1) is 44.4. The van der Waals surface area contributed by atoms with Crippen LogP contribution in [-0.2, 0) is 5.41 Å². The summed E-state index contributed by atoms with van der Waals surface area (Å²) in [6.45, 7) is 6.33. The van der Waals surface area contributed by atoms with Gasteiger partial charge >= 0.3 is 0 Å². The van der Waals surface area contributed by atoms with Crippen LogP contribution in [0.25, 0.3) is 88.3 Å². The highest BCUT2D eigenvalue weighted by molar-refractivity contribution is 6.22. The molecule has 2 heteroatoms. The second-order valence-corrected chi connectivity index (χ2v) is 19.1. The van der Waals surface area contributed by atoms with Crippen LogP contribution in [0.1, 0.15) is 23.6 Å². The van der Waals surface area contributed by atoms with Crippen LogP contribution in [0.4, 0.5) is 17.1 Å². The smallest absolute Gasteiger partial charge is 0.143 e. The maximum absolute atomic E-state index is 6.93. The van der Waals surface area contributed by atoms with Crippen LogP contribution in [0, 0.1) is 0 Å². The summed E-state index contributed by atoms with van der Waals surface area (Å²) in [4.78, 5) is 2.42. The van der Waals surface area contributed by atoms with E-state index in [1.807, 2.05) is 6.08 Å². The molecule has 0 bridgehead atoms. The Hall–Kier alpha value is -9.50. The topological polar surface area (TPSA) is 16.4 Å². The Morgan fingerprint density at radius 2 is 0.986 bits per heavy atom. The Morgan fingerprint density at radius 1 is 0.419 bits per heavy atom. The average Bonchev–Trinajstić information content (AvgIpc) is 4.00. The summed E-state index contributed by atoms with van der Waals surface area (Å²) in [5.41, 5.74) is 20.9. The Labute approximate surface area is 432 Å². The zero-order valence-electron chi connectivity index (χ0n) is 41.1. The van der Waals surface area contributed by atoms with Gasteiger partial charge in [-0.1, -0.05) is 231 Å². The second-order valence-electron chi connectivity index (χ2n) is 19.1. The molecule has 0 saturated heterocycles. The van der Waals surface area contributed by atoms with Crippen molar-refractivity contribution in [3.05, 3.63) is 308 Å². The third kappa shape index (κ3) is 7.34. The van der Waals surface area contributed by atoms with E-state index >= 15 is 0 Å². The van der Waals surface area contributed by atoms with Crippen LogP contribution in [0.2, 0.25) is 0 Å². The molecule has 1 atom stereocenters. The van der Waals surface area contributed by atoms with Crippen molar-refractivity contribution in [2.45, 2.75) is 12.3 Å². The number of allylic oxidation sites excluding steroid dienone is 5. The Balaban J connectivity index is 1.02. The van der Waals surface area contributed by atoms with Gasteiger partial charge in [0, 0.05) is 33.2 Å². The first-order chi connectivity index (χ1) is 36.6. The van der Waals surface area contributed by atoms with Gasteiger partial charge in [0.2, 0.25) is 0 Å². The highest BCUT2D eigenvalue weighted by atomic mass is 16.3. The minimum atomic E-state index is -0.613. The van der Waals surface area contributed by atoms with E-state index in [1.165, 1.54) is 61.2 Å². The minimum Gasteiger partial charge on any atom is -0.455 e. The summed E-state index contributed by atoms with van der Waals surface area (Å²) in [6, 6.07) is 92.6. The van der Waals surface area contributed by atoms with Crippen molar-refractivity contribution >= 4 is 49.8 Å². The van der Waals surface area contributed by atoms with Gasteiger partial charge in [0.05, 0.1) is 5.41 Å². The quantitative estimate of drug-likeness (QED) is 0.120. The van der Waals surface area contributed by atoms with E-state index in [0.29, 0.717) is 0 Å². The molecule has 0 spiro atoms. The minimum absolute atomic E-state index is 0.613. The molecule has 350 valence electrons. The standard InChI is InChI=1S/C72H51NO/c1-3-21-55(22-4-2)72(56-30-12-7-13-31-56)67-37-17-16-34-62(67)63-44-43-59(47-68(63)72)73(57-41-39-51(40-42-57)49-23-8-5-9-24-49)58-32-19-29-54(46-58)60-36-20-38-69-70(60)66-48-65(61-33-14-15-35-64(61)71(66)74-69)53-28-18-27-52(45-53)50-25-10-6-11-26-50/h3-48H,1H2,2H3/b22-4-,55-21+. The normalized spacial score (nSPS) is 14.1. The number of hydrogen-bond acceptors (Lipinski definition) is 2. The van der Waals surface area contributed by atoms with Crippen molar-refractivity contribution in [3.8, 4) is 55.6 Å². The molecule has 0 amide bonds. The van der Waals surface area contributed by atoms with Gasteiger partial charge in [0.25, 0.3) is 0 Å². The van der Waals surface area contributed by atoms with Crippen LogP contribution in [-0.4, -0.2) is 0 Å². The predicted molar refractivity (Wildman–Crippen MR) is 313 cm³/mol. The number of nitrogens with zero attached hydrogens (tertiary/aromatic N) is 1. The zero-order chi connectivity index (χ0) is 49.6. The molecule has 13 rings (SSSR count). The summed E-state index contributed by atoms with van der Waals surface area (Å²) < 4.78 is 6.93. The number of benzene rings is 11. The first-order valence-electron chi connectivity index (χ1n) is 25.5. The van der Waals surface area contributed by atoms with Gasteiger partial charge in [0.1, 0.15) is 11.2 Å². The molecule has 0 radical (unpaired) electrons. The molecule has 1 heterocycles. The molecule has 1 aliphatic rings. The third-order valence-electron chi connectivity index (χ3n) is 15.0. The number of fused-ring (bicyclic) bond motifs is 8. The average molecular weight is 946 g/mol. The third-order valence-corrected chi connectivity index (χ3v) is 15.0. The van der Waals surface area contributed by atoms with Crippen molar-refractivity contribution in [1.29, 1.82) is 0 Å². The van der Waals surface area contributed by atoms with E-state index in [2.05, 4.69) is 291 Å². The molecular weight excluding hydrogens is 895 g/mol. The van der Waals surface area contributed by atoms with Gasteiger partial charge in [-0.2, -0.15) is 0 Å². The van der Waals surface area contributed by atoms with Gasteiger partial charge in [0.15, 0.2) is 0 Å². The van der Waals surface area contributed by atoms with E-state index in [1.54, 1.807) is 0 Å². The molecule has 0 saturated carbocycles. The lowest BCUT2D eigenvalue weighted by Crippen LogP contribution is -2.29. The van der Waals surface area contributed by atoms with E-state index in [0.717, 1.165) is 66.5 Å². The highest BCUT2D eigenvalue weighted by Crippen LogP contribution is 2.58. The molecule has 1 aromatic heterocycles. The lowest BCUT2D eigenvalue weighted by atomic mass is 9.67. The van der Waals surface area contributed by atoms with Gasteiger partial charge in [-0.3, -0.25) is 0 Å². The lowest BCUT2D eigenvalue weighted by molar-refractivity contribution is 0.673. The van der Waals surface area contributed by atoms with Gasteiger partial charge < -0.3 is 9.32 Å². The molecule has 0 aliphatic heterocycles. The van der Waals surface area contributed by atoms with Crippen molar-refractivity contribution in [1.82, 2.24) is 0 Å². The molecule has 2 nitrogen and oxygen atoms in total. The van der Waals surface area contributed by atoms with E-state index in [9.17, 15) is 0 Å². The molecule has 1 aliphatic carbocycles. The Morgan fingerprint density at radius 3 is 1.74 bits per heavy atom. The summed E-state index contributed by atoms with van der Waals surface area (Å²) in [5, 5.41) is 4.44. The number of anilines is 3. The second kappa shape index (κ2) is 18.6.